The van der Waals surface area contributed by atoms with Gasteiger partial charge in [-0.1, -0.05) is 29.8 Å². The van der Waals surface area contributed by atoms with Gasteiger partial charge in [-0.2, -0.15) is 0 Å². The summed E-state index contributed by atoms with van der Waals surface area (Å²) in [7, 11) is 0. The van der Waals surface area contributed by atoms with E-state index in [2.05, 4.69) is 60.6 Å². The minimum atomic E-state index is 0.00964. The number of thiazole rings is 1. The van der Waals surface area contributed by atoms with E-state index < -0.39 is 0 Å². The summed E-state index contributed by atoms with van der Waals surface area (Å²) in [5, 5.41) is 6.81. The van der Waals surface area contributed by atoms with Crippen molar-refractivity contribution in [1.29, 1.82) is 0 Å². The van der Waals surface area contributed by atoms with Crippen LogP contribution in [0.4, 0.5) is 0 Å². The van der Waals surface area contributed by atoms with Gasteiger partial charge < -0.3 is 5.32 Å². The van der Waals surface area contributed by atoms with Gasteiger partial charge in [-0.3, -0.25) is 4.90 Å². The van der Waals surface area contributed by atoms with Gasteiger partial charge >= 0.3 is 0 Å². The van der Waals surface area contributed by atoms with Crippen molar-refractivity contribution in [3.8, 4) is 11.3 Å². The Morgan fingerprint density at radius 1 is 1.14 bits per heavy atom. The van der Waals surface area contributed by atoms with Crippen LogP contribution in [0.3, 0.4) is 0 Å². The van der Waals surface area contributed by atoms with Crippen LogP contribution >= 0.6 is 11.3 Å². The van der Waals surface area contributed by atoms with Crippen molar-refractivity contribution in [3.63, 3.8) is 0 Å². The zero-order valence-electron chi connectivity index (χ0n) is 13.0. The number of hydrogen-bond acceptors (Lipinski definition) is 4. The highest BCUT2D eigenvalue weighted by atomic mass is 32.1. The van der Waals surface area contributed by atoms with Crippen LogP contribution in [0, 0.1) is 6.92 Å². The highest BCUT2D eigenvalue weighted by Crippen LogP contribution is 2.33. The Kier molecular flexibility index (Phi) is 4.11. The van der Waals surface area contributed by atoms with Crippen molar-refractivity contribution in [2.75, 3.05) is 26.2 Å². The Hall–Kier alpha value is -1.23. The SMILES string of the molecule is Cc1ccc(-c2csc(C(C)(C)N3CCNCC3)n2)cc1. The molecule has 1 aromatic carbocycles. The van der Waals surface area contributed by atoms with Crippen molar-refractivity contribution in [2.45, 2.75) is 26.3 Å². The van der Waals surface area contributed by atoms with Gasteiger partial charge in [0.25, 0.3) is 0 Å². The minimum absolute atomic E-state index is 0.00964. The molecule has 0 spiro atoms. The summed E-state index contributed by atoms with van der Waals surface area (Å²) in [4.78, 5) is 7.44. The predicted molar refractivity (Wildman–Crippen MR) is 89.8 cm³/mol. The van der Waals surface area contributed by atoms with Crippen molar-refractivity contribution in [3.05, 3.63) is 40.2 Å². The fourth-order valence-corrected chi connectivity index (χ4v) is 3.75. The molecule has 1 saturated heterocycles. The van der Waals surface area contributed by atoms with Crippen LogP contribution in [-0.2, 0) is 5.54 Å². The molecule has 3 rings (SSSR count). The molecule has 4 heteroatoms. The molecule has 2 aromatic rings. The van der Waals surface area contributed by atoms with E-state index in [0.29, 0.717) is 0 Å². The summed E-state index contributed by atoms with van der Waals surface area (Å²) in [5.74, 6) is 0. The Morgan fingerprint density at radius 2 is 1.81 bits per heavy atom. The first-order chi connectivity index (χ1) is 10.1. The molecule has 2 heterocycles. The van der Waals surface area contributed by atoms with Gasteiger partial charge in [-0.15, -0.1) is 11.3 Å². The van der Waals surface area contributed by atoms with Crippen molar-refractivity contribution in [1.82, 2.24) is 15.2 Å². The second kappa shape index (κ2) is 5.87. The van der Waals surface area contributed by atoms with Crippen LogP contribution in [0.15, 0.2) is 29.6 Å². The maximum Gasteiger partial charge on any atom is 0.113 e. The quantitative estimate of drug-likeness (QED) is 0.943. The maximum atomic E-state index is 4.91. The number of aromatic nitrogens is 1. The van der Waals surface area contributed by atoms with Gasteiger partial charge in [0.05, 0.1) is 11.2 Å². The molecule has 0 atom stereocenters. The minimum Gasteiger partial charge on any atom is -0.314 e. The Morgan fingerprint density at radius 3 is 2.48 bits per heavy atom. The maximum absolute atomic E-state index is 4.91. The van der Waals surface area contributed by atoms with E-state index in [-0.39, 0.29) is 5.54 Å². The lowest BCUT2D eigenvalue weighted by Crippen LogP contribution is -2.51. The van der Waals surface area contributed by atoms with Gasteiger partial charge in [-0.05, 0) is 20.8 Å². The molecule has 0 amide bonds. The molecule has 3 nitrogen and oxygen atoms in total. The smallest absolute Gasteiger partial charge is 0.113 e. The van der Waals surface area contributed by atoms with Gasteiger partial charge in [0, 0.05) is 37.1 Å². The van der Waals surface area contributed by atoms with E-state index in [1.54, 1.807) is 11.3 Å². The van der Waals surface area contributed by atoms with E-state index in [1.165, 1.54) is 16.1 Å². The molecule has 21 heavy (non-hydrogen) atoms. The van der Waals surface area contributed by atoms with Crippen LogP contribution in [-0.4, -0.2) is 36.1 Å². The second-order valence-electron chi connectivity index (χ2n) is 6.20. The summed E-state index contributed by atoms with van der Waals surface area (Å²) < 4.78 is 0. The molecule has 0 unspecified atom stereocenters. The largest absolute Gasteiger partial charge is 0.314 e. The molecule has 0 radical (unpaired) electrons. The molecule has 1 aliphatic heterocycles. The number of nitrogens with one attached hydrogen (secondary N) is 1. The third kappa shape index (κ3) is 3.03. The number of benzene rings is 1. The van der Waals surface area contributed by atoms with Crippen LogP contribution in [0.1, 0.15) is 24.4 Å². The number of nitrogens with zero attached hydrogens (tertiary/aromatic N) is 2. The molecule has 0 aliphatic carbocycles. The molecule has 112 valence electrons. The highest BCUT2D eigenvalue weighted by molar-refractivity contribution is 7.10. The summed E-state index contributed by atoms with van der Waals surface area (Å²) in [6.45, 7) is 11.0. The molecular formula is C17H23N3S. The standard InChI is InChI=1S/C17H23N3S/c1-13-4-6-14(7-5-13)15-12-21-16(19-15)17(2,3)20-10-8-18-9-11-20/h4-7,12,18H,8-11H2,1-3H3. The van der Waals surface area contributed by atoms with Gasteiger partial charge in [-0.25, -0.2) is 4.98 Å². The molecule has 1 fully saturated rings. The molecular weight excluding hydrogens is 278 g/mol. The lowest BCUT2D eigenvalue weighted by Gasteiger charge is -2.39. The van der Waals surface area contributed by atoms with E-state index in [1.807, 2.05) is 0 Å². The molecule has 1 aliphatic rings. The Bertz CT molecular complexity index is 595. The summed E-state index contributed by atoms with van der Waals surface area (Å²) >= 11 is 1.78. The third-order valence-electron chi connectivity index (χ3n) is 4.28. The van der Waals surface area contributed by atoms with Gasteiger partial charge in [0.2, 0.25) is 0 Å². The normalized spacial score (nSPS) is 17.1. The first kappa shape index (κ1) is 14.7. The zero-order valence-corrected chi connectivity index (χ0v) is 13.8. The monoisotopic (exact) mass is 301 g/mol. The number of hydrogen-bond donors (Lipinski definition) is 1. The van der Waals surface area contributed by atoms with Crippen LogP contribution in [0.25, 0.3) is 11.3 Å². The Labute approximate surface area is 131 Å². The average molecular weight is 301 g/mol. The number of rotatable bonds is 3. The summed E-state index contributed by atoms with van der Waals surface area (Å²) in [6.07, 6.45) is 0. The van der Waals surface area contributed by atoms with Crippen molar-refractivity contribution in [2.24, 2.45) is 0 Å². The zero-order chi connectivity index (χ0) is 14.9. The first-order valence-corrected chi connectivity index (χ1v) is 8.44. The topological polar surface area (TPSA) is 28.2 Å². The van der Waals surface area contributed by atoms with E-state index in [4.69, 9.17) is 4.98 Å². The van der Waals surface area contributed by atoms with Gasteiger partial charge in [0.1, 0.15) is 5.01 Å². The molecule has 1 N–H and O–H groups in total. The predicted octanol–water partition coefficient (Wildman–Crippen LogP) is 3.26. The van der Waals surface area contributed by atoms with Crippen LogP contribution in [0.5, 0.6) is 0 Å². The lowest BCUT2D eigenvalue weighted by molar-refractivity contribution is 0.102. The third-order valence-corrected chi connectivity index (χ3v) is 5.44. The van der Waals surface area contributed by atoms with E-state index >= 15 is 0 Å². The lowest BCUT2D eigenvalue weighted by atomic mass is 10.0. The van der Waals surface area contributed by atoms with Gasteiger partial charge in [0.15, 0.2) is 0 Å². The number of aryl methyl sites for hydroxylation is 1. The van der Waals surface area contributed by atoms with Crippen LogP contribution < -0.4 is 5.32 Å². The fourth-order valence-electron chi connectivity index (χ4n) is 2.77. The average Bonchev–Trinajstić information content (AvgIpc) is 2.99. The molecule has 0 saturated carbocycles. The number of piperazine rings is 1. The fraction of sp³-hybridized carbons (Fsp3) is 0.471. The van der Waals surface area contributed by atoms with E-state index in [0.717, 1.165) is 31.9 Å². The summed E-state index contributed by atoms with van der Waals surface area (Å²) in [5.41, 5.74) is 3.60. The second-order valence-corrected chi connectivity index (χ2v) is 7.06. The molecule has 1 aromatic heterocycles. The first-order valence-electron chi connectivity index (χ1n) is 7.56. The van der Waals surface area contributed by atoms with Crippen LogP contribution in [0.2, 0.25) is 0 Å². The Balaban J connectivity index is 1.84. The highest BCUT2D eigenvalue weighted by Gasteiger charge is 2.32. The molecule has 0 bridgehead atoms. The van der Waals surface area contributed by atoms with E-state index in [9.17, 15) is 0 Å². The summed E-state index contributed by atoms with van der Waals surface area (Å²) in [6, 6.07) is 8.61. The van der Waals surface area contributed by atoms with Crippen molar-refractivity contribution >= 4 is 11.3 Å². The van der Waals surface area contributed by atoms with Crippen molar-refractivity contribution < 1.29 is 0 Å².